The van der Waals surface area contributed by atoms with E-state index >= 15 is 0 Å². The minimum atomic E-state index is -2.16. The molecule has 1 amide bonds. The number of fused-ring (bicyclic) bond motifs is 1. The van der Waals surface area contributed by atoms with Crippen LogP contribution in [0.25, 0.3) is 5.52 Å². The van der Waals surface area contributed by atoms with Crippen molar-refractivity contribution in [1.82, 2.24) is 14.6 Å². The average molecular weight is 605 g/mol. The number of nitriles is 1. The van der Waals surface area contributed by atoms with Gasteiger partial charge in [-0.3, -0.25) is 19.7 Å². The molecule has 4 N–H and O–H groups in total. The molecule has 1 fully saturated rings. The summed E-state index contributed by atoms with van der Waals surface area (Å²) in [5.41, 5.74) is 3.08. The van der Waals surface area contributed by atoms with E-state index in [-0.39, 0.29) is 29.4 Å². The maximum absolute atomic E-state index is 12.4. The van der Waals surface area contributed by atoms with Crippen LogP contribution in [-0.2, 0) is 43.7 Å². The molecule has 16 nitrogen and oxygen atoms in total. The Morgan fingerprint density at radius 2 is 1.93 bits per heavy atom. The number of nitrogens with zero attached hydrogens (tertiary/aromatic N) is 4. The third-order valence-corrected chi connectivity index (χ3v) is 6.58. The number of esters is 3. The van der Waals surface area contributed by atoms with Gasteiger partial charge in [-0.15, -0.1) is 0 Å². The SMILES string of the molecule is CCC(=O)O[C@H]1[C@@H](O)[C@](C#N)(c2ccc3c(NC(=O)OCOC(=O)C(C)(C)C)ncnn23)O[C@@H]1COC(=O)[C@@H](N)C(C)C. The van der Waals surface area contributed by atoms with Gasteiger partial charge >= 0.3 is 24.0 Å². The first-order valence-corrected chi connectivity index (χ1v) is 13.5. The number of nitrogens with two attached hydrogens (primary N) is 1. The standard InChI is InChI=1S/C27H36N6O10/c1-7-18(34)42-20-16(10-39-23(36)19(29)14(2)3)43-27(11-28,21(20)35)17-9-8-15-22(30-12-31-33(15)17)32-25(38)41-13-40-24(37)26(4,5)6/h8-9,12,14,16,19-21,35H,7,10,13,29H2,1-6H3,(H,30,31,32,38)/t16-,19+,20-,21-,27+/m1/s1. The van der Waals surface area contributed by atoms with Gasteiger partial charge in [0.15, 0.2) is 11.9 Å². The van der Waals surface area contributed by atoms with Crippen molar-refractivity contribution in [2.75, 3.05) is 18.7 Å². The number of aliphatic hydroxyl groups is 1. The van der Waals surface area contributed by atoms with Crippen molar-refractivity contribution < 1.29 is 48.0 Å². The van der Waals surface area contributed by atoms with Crippen molar-refractivity contribution in [2.45, 2.75) is 77.9 Å². The van der Waals surface area contributed by atoms with Crippen LogP contribution in [0.15, 0.2) is 18.5 Å². The van der Waals surface area contributed by atoms with E-state index in [9.17, 15) is 29.5 Å². The van der Waals surface area contributed by atoms with Crippen LogP contribution < -0.4 is 11.1 Å². The number of carbonyl (C=O) groups is 4. The van der Waals surface area contributed by atoms with E-state index in [1.807, 2.05) is 6.07 Å². The van der Waals surface area contributed by atoms with Gasteiger partial charge < -0.3 is 34.5 Å². The summed E-state index contributed by atoms with van der Waals surface area (Å²) in [5.74, 6) is -2.26. The van der Waals surface area contributed by atoms with Crippen LogP contribution in [0, 0.1) is 22.7 Å². The average Bonchev–Trinajstić information content (AvgIpc) is 3.50. The lowest BCUT2D eigenvalue weighted by Crippen LogP contribution is -2.43. The highest BCUT2D eigenvalue weighted by atomic mass is 16.7. The van der Waals surface area contributed by atoms with Crippen LogP contribution in [0.3, 0.4) is 0 Å². The summed E-state index contributed by atoms with van der Waals surface area (Å²) in [5, 5.41) is 28.2. The number of carbonyl (C=O) groups excluding carboxylic acids is 4. The maximum Gasteiger partial charge on any atom is 0.415 e. The van der Waals surface area contributed by atoms with E-state index < -0.39 is 72.8 Å². The van der Waals surface area contributed by atoms with E-state index in [4.69, 9.17) is 29.4 Å². The number of aliphatic hydroxyl groups excluding tert-OH is 1. The topological polar surface area (TPSA) is 227 Å². The molecule has 234 valence electrons. The fraction of sp³-hybridized carbons (Fsp3) is 0.593. The smallest absolute Gasteiger partial charge is 0.415 e. The first-order valence-electron chi connectivity index (χ1n) is 13.5. The Labute approximate surface area is 247 Å². The van der Waals surface area contributed by atoms with Crippen LogP contribution in [0.4, 0.5) is 10.6 Å². The zero-order valence-electron chi connectivity index (χ0n) is 24.7. The Balaban J connectivity index is 1.87. The minimum absolute atomic E-state index is 0.000630. The van der Waals surface area contributed by atoms with Crippen molar-refractivity contribution in [3.05, 3.63) is 24.2 Å². The third kappa shape index (κ3) is 7.19. The predicted octanol–water partition coefficient (Wildman–Crippen LogP) is 1.15. The van der Waals surface area contributed by atoms with E-state index in [1.54, 1.807) is 41.5 Å². The monoisotopic (exact) mass is 604 g/mol. The van der Waals surface area contributed by atoms with Crippen LogP contribution in [0.5, 0.6) is 0 Å². The molecule has 0 unspecified atom stereocenters. The van der Waals surface area contributed by atoms with Gasteiger partial charge in [-0.25, -0.2) is 14.3 Å². The van der Waals surface area contributed by atoms with Crippen LogP contribution in [0.1, 0.15) is 53.7 Å². The number of hydrogen-bond acceptors (Lipinski definition) is 14. The number of amides is 1. The van der Waals surface area contributed by atoms with E-state index in [2.05, 4.69) is 15.4 Å². The molecule has 0 radical (unpaired) electrons. The largest absolute Gasteiger partial charge is 0.462 e. The van der Waals surface area contributed by atoms with Crippen molar-refractivity contribution in [3.63, 3.8) is 0 Å². The summed E-state index contributed by atoms with van der Waals surface area (Å²) in [7, 11) is 0. The second kappa shape index (κ2) is 13.3. The molecular formula is C27H36N6O10. The lowest BCUT2D eigenvalue weighted by molar-refractivity contribution is -0.162. The lowest BCUT2D eigenvalue weighted by Gasteiger charge is -2.24. The molecular weight excluding hydrogens is 568 g/mol. The van der Waals surface area contributed by atoms with Gasteiger partial charge in [0, 0.05) is 6.42 Å². The molecule has 2 aromatic heterocycles. The van der Waals surface area contributed by atoms with Crippen molar-refractivity contribution in [1.29, 1.82) is 5.26 Å². The normalized spacial score (nSPS) is 22.5. The number of ether oxygens (including phenoxy) is 5. The van der Waals surface area contributed by atoms with Crippen LogP contribution >= 0.6 is 0 Å². The molecule has 43 heavy (non-hydrogen) atoms. The highest BCUT2D eigenvalue weighted by Gasteiger charge is 2.60. The Morgan fingerprint density at radius 1 is 1.23 bits per heavy atom. The molecule has 0 aromatic carbocycles. The molecule has 0 spiro atoms. The zero-order chi connectivity index (χ0) is 32.1. The van der Waals surface area contributed by atoms with Gasteiger partial charge in [0.25, 0.3) is 0 Å². The van der Waals surface area contributed by atoms with Gasteiger partial charge in [0.2, 0.25) is 12.4 Å². The van der Waals surface area contributed by atoms with E-state index in [0.717, 1.165) is 6.33 Å². The molecule has 16 heteroatoms. The fourth-order valence-electron chi connectivity index (χ4n) is 4.01. The first kappa shape index (κ1) is 33.2. The number of hydrogen-bond donors (Lipinski definition) is 3. The summed E-state index contributed by atoms with van der Waals surface area (Å²) in [6.07, 6.45) is -4.35. The molecule has 3 heterocycles. The highest BCUT2D eigenvalue weighted by Crippen LogP contribution is 2.42. The van der Waals surface area contributed by atoms with Gasteiger partial charge in [-0.05, 0) is 38.8 Å². The molecule has 0 saturated carbocycles. The highest BCUT2D eigenvalue weighted by molar-refractivity contribution is 5.88. The molecule has 1 aliphatic heterocycles. The van der Waals surface area contributed by atoms with Gasteiger partial charge in [0.1, 0.15) is 42.8 Å². The molecule has 5 atom stereocenters. The Morgan fingerprint density at radius 3 is 2.53 bits per heavy atom. The van der Waals surface area contributed by atoms with Gasteiger partial charge in [-0.1, -0.05) is 20.8 Å². The van der Waals surface area contributed by atoms with Crippen LogP contribution in [0.2, 0.25) is 0 Å². The van der Waals surface area contributed by atoms with Gasteiger partial charge in [-0.2, -0.15) is 10.4 Å². The van der Waals surface area contributed by atoms with E-state index in [1.165, 1.54) is 16.6 Å². The molecule has 1 saturated heterocycles. The Hall–Kier alpha value is -4.33. The Kier molecular flexibility index (Phi) is 10.3. The zero-order valence-corrected chi connectivity index (χ0v) is 24.7. The number of aromatic nitrogens is 3. The van der Waals surface area contributed by atoms with Crippen molar-refractivity contribution in [2.24, 2.45) is 17.1 Å². The third-order valence-electron chi connectivity index (χ3n) is 6.58. The second-order valence-corrected chi connectivity index (χ2v) is 11.1. The number of rotatable bonds is 10. The Bertz CT molecular complexity index is 1400. The summed E-state index contributed by atoms with van der Waals surface area (Å²) in [6.45, 7) is 8.83. The summed E-state index contributed by atoms with van der Waals surface area (Å²) >= 11 is 0. The lowest BCUT2D eigenvalue weighted by atomic mass is 9.92. The van der Waals surface area contributed by atoms with E-state index in [0.29, 0.717) is 0 Å². The number of anilines is 1. The minimum Gasteiger partial charge on any atom is -0.462 e. The number of nitrogens with one attached hydrogen (secondary N) is 1. The van der Waals surface area contributed by atoms with Gasteiger partial charge in [0.05, 0.1) is 11.1 Å². The summed E-state index contributed by atoms with van der Waals surface area (Å²) < 4.78 is 27.7. The first-order chi connectivity index (χ1) is 20.2. The predicted molar refractivity (Wildman–Crippen MR) is 146 cm³/mol. The summed E-state index contributed by atoms with van der Waals surface area (Å²) in [4.78, 5) is 52.8. The maximum atomic E-state index is 12.4. The van der Waals surface area contributed by atoms with Crippen molar-refractivity contribution >= 4 is 35.3 Å². The molecule has 0 bridgehead atoms. The molecule has 0 aliphatic carbocycles. The van der Waals surface area contributed by atoms with Crippen molar-refractivity contribution in [3.8, 4) is 6.07 Å². The summed E-state index contributed by atoms with van der Waals surface area (Å²) in [6, 6.07) is 3.86. The second-order valence-electron chi connectivity index (χ2n) is 11.1. The molecule has 3 rings (SSSR count). The fourth-order valence-corrected chi connectivity index (χ4v) is 4.01. The van der Waals surface area contributed by atoms with Crippen LogP contribution in [-0.4, -0.2) is 81.5 Å². The quantitative estimate of drug-likeness (QED) is 0.196. The molecule has 2 aromatic rings. The molecule has 1 aliphatic rings.